The first-order valence-corrected chi connectivity index (χ1v) is 12.3. The van der Waals surface area contributed by atoms with Crippen LogP contribution in [0, 0.1) is 52.3 Å². The average molecular weight is 361 g/mol. The zero-order valence-electron chi connectivity index (χ0n) is 19.1. The molecule has 7 unspecified atom stereocenters. The van der Waals surface area contributed by atoms with E-state index in [1.807, 2.05) is 0 Å². The first-order valence-electron chi connectivity index (χ1n) is 12.3. The van der Waals surface area contributed by atoms with Gasteiger partial charge in [0.25, 0.3) is 0 Å². The Balaban J connectivity index is 1.50. The van der Waals surface area contributed by atoms with Crippen LogP contribution in [-0.2, 0) is 0 Å². The topological polar surface area (TPSA) is 0 Å². The molecule has 3 rings (SSSR count). The van der Waals surface area contributed by atoms with Crippen LogP contribution in [-0.4, -0.2) is 0 Å². The lowest BCUT2D eigenvalue weighted by Crippen LogP contribution is -2.53. The standard InChI is InChI=1S/C26H48/c1-8-10-11-14-22-24-17-26(22,24)20(9-2)16-23-19(5)21(25(23,6)7)15-12-13-18(3)4/h18-24H,8-17H2,1-7H3. The number of hydrogen-bond donors (Lipinski definition) is 0. The van der Waals surface area contributed by atoms with Gasteiger partial charge < -0.3 is 0 Å². The third-order valence-corrected chi connectivity index (χ3v) is 9.56. The summed E-state index contributed by atoms with van der Waals surface area (Å²) in [4.78, 5) is 0. The van der Waals surface area contributed by atoms with Gasteiger partial charge in [-0.05, 0) is 77.9 Å². The Hall–Kier alpha value is 0. The molecule has 3 aliphatic carbocycles. The average Bonchev–Trinajstić information content (AvgIpc) is 3.45. The highest BCUT2D eigenvalue weighted by Gasteiger charge is 2.79. The lowest BCUT2D eigenvalue weighted by molar-refractivity contribution is -0.108. The van der Waals surface area contributed by atoms with E-state index < -0.39 is 0 Å². The lowest BCUT2D eigenvalue weighted by atomic mass is 9.46. The van der Waals surface area contributed by atoms with E-state index >= 15 is 0 Å². The van der Waals surface area contributed by atoms with Crippen LogP contribution < -0.4 is 0 Å². The fourth-order valence-electron chi connectivity index (χ4n) is 7.70. The summed E-state index contributed by atoms with van der Waals surface area (Å²) in [7, 11) is 0. The highest BCUT2D eigenvalue weighted by atomic mass is 14.8. The third kappa shape index (κ3) is 3.53. The number of hydrogen-bond acceptors (Lipinski definition) is 0. The third-order valence-electron chi connectivity index (χ3n) is 9.56. The maximum Gasteiger partial charge on any atom is -0.0204 e. The molecule has 152 valence electrons. The number of rotatable bonds is 12. The van der Waals surface area contributed by atoms with Crippen LogP contribution in [0.5, 0.6) is 0 Å². The van der Waals surface area contributed by atoms with Gasteiger partial charge in [0.2, 0.25) is 0 Å². The van der Waals surface area contributed by atoms with Crippen molar-refractivity contribution in [2.45, 2.75) is 113 Å². The van der Waals surface area contributed by atoms with Gasteiger partial charge in [0, 0.05) is 0 Å². The second-order valence-corrected chi connectivity index (χ2v) is 11.6. The molecule has 0 aromatic rings. The highest BCUT2D eigenvalue weighted by molar-refractivity contribution is 5.27. The molecular weight excluding hydrogens is 312 g/mol. The van der Waals surface area contributed by atoms with Crippen LogP contribution in [0.25, 0.3) is 0 Å². The summed E-state index contributed by atoms with van der Waals surface area (Å²) in [5, 5.41) is 0. The molecule has 0 aromatic heterocycles. The van der Waals surface area contributed by atoms with E-state index in [1.165, 1.54) is 44.9 Å². The molecule has 26 heavy (non-hydrogen) atoms. The molecule has 7 atom stereocenters. The maximum absolute atomic E-state index is 2.61. The van der Waals surface area contributed by atoms with E-state index in [0.717, 1.165) is 46.8 Å². The van der Waals surface area contributed by atoms with Crippen LogP contribution in [0.1, 0.15) is 113 Å². The zero-order valence-corrected chi connectivity index (χ0v) is 19.1. The molecule has 3 fully saturated rings. The molecule has 3 saturated carbocycles. The zero-order chi connectivity index (χ0) is 19.1. The van der Waals surface area contributed by atoms with Crippen molar-refractivity contribution in [2.75, 3.05) is 0 Å². The van der Waals surface area contributed by atoms with Gasteiger partial charge in [-0.2, -0.15) is 0 Å². The van der Waals surface area contributed by atoms with Crippen LogP contribution in [0.4, 0.5) is 0 Å². The fourth-order valence-corrected chi connectivity index (χ4v) is 7.70. The second kappa shape index (κ2) is 7.79. The van der Waals surface area contributed by atoms with Crippen molar-refractivity contribution in [3.05, 3.63) is 0 Å². The molecule has 0 amide bonds. The van der Waals surface area contributed by atoms with Crippen molar-refractivity contribution >= 4 is 0 Å². The second-order valence-electron chi connectivity index (χ2n) is 11.6. The van der Waals surface area contributed by atoms with Gasteiger partial charge in [-0.25, -0.2) is 0 Å². The monoisotopic (exact) mass is 360 g/mol. The van der Waals surface area contributed by atoms with Crippen molar-refractivity contribution in [1.29, 1.82) is 0 Å². The Labute approximate surface area is 165 Å². The molecule has 0 aliphatic heterocycles. The molecule has 0 heteroatoms. The van der Waals surface area contributed by atoms with Gasteiger partial charge in [-0.3, -0.25) is 0 Å². The number of unbranched alkanes of at least 4 members (excludes halogenated alkanes) is 2. The quantitative estimate of drug-likeness (QED) is 0.307. The molecule has 0 radical (unpaired) electrons. The Bertz CT molecular complexity index is 461. The molecule has 0 bridgehead atoms. The predicted octanol–water partition coefficient (Wildman–Crippen LogP) is 8.35. The molecule has 0 heterocycles. The van der Waals surface area contributed by atoms with Crippen molar-refractivity contribution in [2.24, 2.45) is 52.3 Å². The minimum Gasteiger partial charge on any atom is -0.0654 e. The minimum atomic E-state index is 0.595. The Morgan fingerprint density at radius 1 is 0.923 bits per heavy atom. The summed E-state index contributed by atoms with van der Waals surface area (Å²) in [5.41, 5.74) is 1.44. The predicted molar refractivity (Wildman–Crippen MR) is 115 cm³/mol. The Morgan fingerprint density at radius 2 is 1.62 bits per heavy atom. The Kier molecular flexibility index (Phi) is 6.21. The lowest BCUT2D eigenvalue weighted by Gasteiger charge is -2.59. The molecule has 0 aromatic carbocycles. The Morgan fingerprint density at radius 3 is 2.15 bits per heavy atom. The van der Waals surface area contributed by atoms with Crippen molar-refractivity contribution in [3.8, 4) is 0 Å². The first-order chi connectivity index (χ1) is 12.3. The van der Waals surface area contributed by atoms with Crippen LogP contribution in [0.2, 0.25) is 0 Å². The van der Waals surface area contributed by atoms with E-state index in [0.29, 0.717) is 5.41 Å². The van der Waals surface area contributed by atoms with Gasteiger partial charge in [-0.1, -0.05) is 87.0 Å². The van der Waals surface area contributed by atoms with Gasteiger partial charge in [0.05, 0.1) is 0 Å². The number of fused-ring (bicyclic) bond motifs is 1. The van der Waals surface area contributed by atoms with Gasteiger partial charge >= 0.3 is 0 Å². The minimum absolute atomic E-state index is 0.595. The van der Waals surface area contributed by atoms with Crippen molar-refractivity contribution in [3.63, 3.8) is 0 Å². The maximum atomic E-state index is 2.61. The summed E-state index contributed by atoms with van der Waals surface area (Å²) in [5.74, 6) is 7.16. The summed E-state index contributed by atoms with van der Waals surface area (Å²) >= 11 is 0. The summed E-state index contributed by atoms with van der Waals surface area (Å²) in [6.45, 7) is 17.4. The largest absolute Gasteiger partial charge is 0.0654 e. The van der Waals surface area contributed by atoms with E-state index in [4.69, 9.17) is 0 Å². The van der Waals surface area contributed by atoms with Crippen LogP contribution in [0.3, 0.4) is 0 Å². The molecule has 3 aliphatic rings. The van der Waals surface area contributed by atoms with E-state index in [9.17, 15) is 0 Å². The molecule has 0 saturated heterocycles. The van der Waals surface area contributed by atoms with Crippen molar-refractivity contribution < 1.29 is 0 Å². The van der Waals surface area contributed by atoms with E-state index in [2.05, 4.69) is 48.5 Å². The van der Waals surface area contributed by atoms with Gasteiger partial charge in [0.15, 0.2) is 0 Å². The van der Waals surface area contributed by atoms with Crippen LogP contribution >= 0.6 is 0 Å². The molecule has 0 nitrogen and oxygen atoms in total. The fraction of sp³-hybridized carbons (Fsp3) is 1.00. The first kappa shape index (κ1) is 20.7. The van der Waals surface area contributed by atoms with Gasteiger partial charge in [-0.15, -0.1) is 0 Å². The summed E-state index contributed by atoms with van der Waals surface area (Å²) in [6.07, 6.45) is 14.8. The summed E-state index contributed by atoms with van der Waals surface area (Å²) < 4.78 is 0. The smallest absolute Gasteiger partial charge is 0.0204 e. The van der Waals surface area contributed by atoms with Crippen molar-refractivity contribution in [1.82, 2.24) is 0 Å². The summed E-state index contributed by atoms with van der Waals surface area (Å²) in [6, 6.07) is 0. The molecule has 0 N–H and O–H groups in total. The SMILES string of the molecule is CCCCCC1C2CC12C(CC)CC1C(C)C(CCCC(C)C)C1(C)C. The van der Waals surface area contributed by atoms with E-state index in [-0.39, 0.29) is 0 Å². The molecule has 0 spiro atoms. The molecular formula is C26H48. The highest BCUT2D eigenvalue weighted by Crippen LogP contribution is 2.85. The van der Waals surface area contributed by atoms with Gasteiger partial charge in [0.1, 0.15) is 0 Å². The normalized spacial score (nSPS) is 40.8. The van der Waals surface area contributed by atoms with Crippen LogP contribution in [0.15, 0.2) is 0 Å². The van der Waals surface area contributed by atoms with E-state index in [1.54, 1.807) is 19.3 Å².